The third-order valence-corrected chi connectivity index (χ3v) is 5.43. The second-order valence-corrected chi connectivity index (χ2v) is 8.21. The molecule has 4 rings (SSSR count). The van der Waals surface area contributed by atoms with Crippen LogP contribution in [0, 0.1) is 6.92 Å². The van der Waals surface area contributed by atoms with Gasteiger partial charge >= 0.3 is 0 Å². The Morgan fingerprint density at radius 3 is 2.47 bits per heavy atom. The number of rotatable bonds is 10. The molecule has 0 fully saturated rings. The first kappa shape index (κ1) is 23.2. The van der Waals surface area contributed by atoms with Gasteiger partial charge in [0.1, 0.15) is 24.2 Å². The molecule has 0 radical (unpaired) electrons. The summed E-state index contributed by atoms with van der Waals surface area (Å²) in [4.78, 5) is 17.5. The Balaban J connectivity index is 1.36. The Hall–Kier alpha value is -3.97. The number of benzene rings is 2. The smallest absolute Gasteiger partial charge is 0.247 e. The van der Waals surface area contributed by atoms with Gasteiger partial charge in [-0.3, -0.25) is 9.48 Å². The SMILES string of the molecule is Cc1ccc(CCN[C@@H](C(=O)Nc2ccc(OCc3cnn(C)c3)cn2)c2ccccc2)cc1. The lowest BCUT2D eigenvalue weighted by Gasteiger charge is -2.19. The van der Waals surface area contributed by atoms with Crippen LogP contribution in [0.3, 0.4) is 0 Å². The van der Waals surface area contributed by atoms with Crippen molar-refractivity contribution in [2.45, 2.75) is 26.0 Å². The van der Waals surface area contributed by atoms with E-state index in [9.17, 15) is 4.79 Å². The molecule has 0 spiro atoms. The molecule has 0 aliphatic rings. The number of hydrogen-bond donors (Lipinski definition) is 2. The lowest BCUT2D eigenvalue weighted by atomic mass is 10.1. The zero-order valence-electron chi connectivity index (χ0n) is 19.4. The fourth-order valence-corrected chi connectivity index (χ4v) is 3.57. The van der Waals surface area contributed by atoms with Gasteiger partial charge in [-0.05, 0) is 36.6 Å². The molecule has 2 heterocycles. The number of hydrogen-bond acceptors (Lipinski definition) is 5. The van der Waals surface area contributed by atoms with E-state index in [1.807, 2.05) is 43.6 Å². The molecular weight excluding hydrogens is 426 g/mol. The first-order valence-corrected chi connectivity index (χ1v) is 11.3. The van der Waals surface area contributed by atoms with Crippen molar-refractivity contribution in [2.24, 2.45) is 7.05 Å². The molecular formula is C27H29N5O2. The van der Waals surface area contributed by atoms with Gasteiger partial charge in [0.05, 0.1) is 12.4 Å². The van der Waals surface area contributed by atoms with Crippen LogP contribution in [0.4, 0.5) is 5.82 Å². The molecule has 0 unspecified atom stereocenters. The molecule has 0 bridgehead atoms. The van der Waals surface area contributed by atoms with Crippen LogP contribution in [-0.2, 0) is 24.9 Å². The van der Waals surface area contributed by atoms with Crippen molar-refractivity contribution in [3.05, 3.63) is 108 Å². The summed E-state index contributed by atoms with van der Waals surface area (Å²) >= 11 is 0. The molecule has 0 aliphatic heterocycles. The standard InChI is InChI=1S/C27H29N5O2/c1-20-8-10-21(11-9-20)14-15-28-26(23-6-4-3-5-7-23)27(33)31-25-13-12-24(17-29-25)34-19-22-16-30-32(2)18-22/h3-13,16-18,26,28H,14-15,19H2,1-2H3,(H,29,31,33)/t26-/m1/s1. The Kier molecular flexibility index (Phi) is 7.67. The molecule has 7 nitrogen and oxygen atoms in total. The number of ether oxygens (including phenoxy) is 1. The van der Waals surface area contributed by atoms with Crippen LogP contribution in [0.15, 0.2) is 85.3 Å². The van der Waals surface area contributed by atoms with Crippen LogP contribution in [0.25, 0.3) is 0 Å². The third kappa shape index (κ3) is 6.52. The molecule has 2 N–H and O–H groups in total. The quantitative estimate of drug-likeness (QED) is 0.374. The average molecular weight is 456 g/mol. The van der Waals surface area contributed by atoms with Crippen LogP contribution in [0.2, 0.25) is 0 Å². The van der Waals surface area contributed by atoms with Crippen LogP contribution < -0.4 is 15.4 Å². The largest absolute Gasteiger partial charge is 0.487 e. The van der Waals surface area contributed by atoms with Crippen molar-refractivity contribution in [3.63, 3.8) is 0 Å². The maximum Gasteiger partial charge on any atom is 0.247 e. The van der Waals surface area contributed by atoms with E-state index in [-0.39, 0.29) is 5.91 Å². The minimum atomic E-state index is -0.491. The number of nitrogens with zero attached hydrogens (tertiary/aromatic N) is 3. The second-order valence-electron chi connectivity index (χ2n) is 8.21. The third-order valence-electron chi connectivity index (χ3n) is 5.43. The fraction of sp³-hybridized carbons (Fsp3) is 0.222. The summed E-state index contributed by atoms with van der Waals surface area (Å²) in [6.07, 6.45) is 6.10. The number of nitrogens with one attached hydrogen (secondary N) is 2. The molecule has 2 aromatic carbocycles. The first-order valence-electron chi connectivity index (χ1n) is 11.3. The molecule has 34 heavy (non-hydrogen) atoms. The topological polar surface area (TPSA) is 81.1 Å². The summed E-state index contributed by atoms with van der Waals surface area (Å²) < 4.78 is 7.47. The van der Waals surface area contributed by atoms with E-state index < -0.39 is 6.04 Å². The number of aryl methyl sites for hydroxylation is 2. The van der Waals surface area contributed by atoms with Crippen LogP contribution in [0.1, 0.15) is 28.3 Å². The van der Waals surface area contributed by atoms with Crippen LogP contribution in [-0.4, -0.2) is 27.2 Å². The van der Waals surface area contributed by atoms with Crippen molar-refractivity contribution < 1.29 is 9.53 Å². The van der Waals surface area contributed by atoms with Gasteiger partial charge in [-0.1, -0.05) is 60.2 Å². The lowest BCUT2D eigenvalue weighted by Crippen LogP contribution is -2.34. The molecule has 4 aromatic rings. The number of carbonyl (C=O) groups excluding carboxylic acids is 1. The van der Waals surface area contributed by atoms with E-state index in [0.29, 0.717) is 24.7 Å². The molecule has 1 amide bonds. The van der Waals surface area contributed by atoms with Crippen molar-refractivity contribution in [2.75, 3.05) is 11.9 Å². The maximum atomic E-state index is 13.1. The number of carbonyl (C=O) groups is 1. The predicted molar refractivity (Wildman–Crippen MR) is 132 cm³/mol. The van der Waals surface area contributed by atoms with E-state index in [4.69, 9.17) is 4.74 Å². The highest BCUT2D eigenvalue weighted by Crippen LogP contribution is 2.18. The normalized spacial score (nSPS) is 11.7. The zero-order chi connectivity index (χ0) is 23.8. The van der Waals surface area contributed by atoms with Gasteiger partial charge in [-0.25, -0.2) is 4.98 Å². The number of anilines is 1. The predicted octanol–water partition coefficient (Wildman–Crippen LogP) is 4.21. The Morgan fingerprint density at radius 2 is 1.79 bits per heavy atom. The molecule has 2 aromatic heterocycles. The maximum absolute atomic E-state index is 13.1. The minimum Gasteiger partial charge on any atom is -0.487 e. The molecule has 7 heteroatoms. The second kappa shape index (κ2) is 11.2. The molecule has 0 saturated carbocycles. The molecule has 174 valence electrons. The van der Waals surface area contributed by atoms with Gasteiger partial charge in [0.2, 0.25) is 5.91 Å². The number of aromatic nitrogens is 3. The van der Waals surface area contributed by atoms with Gasteiger partial charge in [-0.2, -0.15) is 5.10 Å². The Labute approximate surface area is 199 Å². The summed E-state index contributed by atoms with van der Waals surface area (Å²) in [7, 11) is 1.86. The highest BCUT2D eigenvalue weighted by molar-refractivity contribution is 5.94. The van der Waals surface area contributed by atoms with Gasteiger partial charge in [0, 0.05) is 25.4 Å². The Bertz CT molecular complexity index is 1190. The van der Waals surface area contributed by atoms with E-state index in [2.05, 4.69) is 51.9 Å². The lowest BCUT2D eigenvalue weighted by molar-refractivity contribution is -0.118. The summed E-state index contributed by atoms with van der Waals surface area (Å²) in [5, 5.41) is 10.4. The summed E-state index contributed by atoms with van der Waals surface area (Å²) in [6, 6.07) is 21.2. The van der Waals surface area contributed by atoms with E-state index in [1.165, 1.54) is 11.1 Å². The fourth-order valence-electron chi connectivity index (χ4n) is 3.57. The van der Waals surface area contributed by atoms with E-state index in [1.54, 1.807) is 29.2 Å². The summed E-state index contributed by atoms with van der Waals surface area (Å²) in [5.74, 6) is 0.935. The van der Waals surface area contributed by atoms with Crippen LogP contribution >= 0.6 is 0 Å². The zero-order valence-corrected chi connectivity index (χ0v) is 19.4. The number of pyridine rings is 1. The van der Waals surface area contributed by atoms with Crippen molar-refractivity contribution in [1.29, 1.82) is 0 Å². The van der Waals surface area contributed by atoms with E-state index >= 15 is 0 Å². The molecule has 0 aliphatic carbocycles. The van der Waals surface area contributed by atoms with Crippen molar-refractivity contribution in [3.8, 4) is 5.75 Å². The van der Waals surface area contributed by atoms with Gasteiger partial charge in [-0.15, -0.1) is 0 Å². The van der Waals surface area contributed by atoms with Gasteiger partial charge in [0.25, 0.3) is 0 Å². The Morgan fingerprint density at radius 1 is 1.00 bits per heavy atom. The monoisotopic (exact) mass is 455 g/mol. The molecule has 1 atom stereocenters. The highest BCUT2D eigenvalue weighted by atomic mass is 16.5. The number of amides is 1. The van der Waals surface area contributed by atoms with Crippen molar-refractivity contribution >= 4 is 11.7 Å². The highest BCUT2D eigenvalue weighted by Gasteiger charge is 2.20. The minimum absolute atomic E-state index is 0.161. The van der Waals surface area contributed by atoms with E-state index in [0.717, 1.165) is 17.5 Å². The molecule has 0 saturated heterocycles. The first-order chi connectivity index (χ1) is 16.6. The van der Waals surface area contributed by atoms with Gasteiger partial charge in [0.15, 0.2) is 0 Å². The van der Waals surface area contributed by atoms with Crippen molar-refractivity contribution in [1.82, 2.24) is 20.1 Å². The summed E-state index contributed by atoms with van der Waals surface area (Å²) in [5.41, 5.74) is 4.34. The average Bonchev–Trinajstić information content (AvgIpc) is 3.28. The summed E-state index contributed by atoms with van der Waals surface area (Å²) in [6.45, 7) is 3.15. The van der Waals surface area contributed by atoms with Crippen LogP contribution in [0.5, 0.6) is 5.75 Å². The van der Waals surface area contributed by atoms with Gasteiger partial charge < -0.3 is 15.4 Å².